The van der Waals surface area contributed by atoms with Gasteiger partial charge >= 0.3 is 0 Å². The van der Waals surface area contributed by atoms with Crippen molar-refractivity contribution in [2.24, 2.45) is 5.73 Å². The van der Waals surface area contributed by atoms with Gasteiger partial charge in [0, 0.05) is 6.04 Å². The second-order valence-electron chi connectivity index (χ2n) is 4.91. The van der Waals surface area contributed by atoms with Crippen LogP contribution in [0, 0.1) is 13.8 Å². The molecule has 0 bridgehead atoms. The molecule has 0 spiro atoms. The third kappa shape index (κ3) is 4.20. The minimum absolute atomic E-state index is 0.261. The molecular weight excluding hydrogens is 240 g/mol. The number of aliphatic hydroxyl groups excluding tert-OH is 1. The van der Waals surface area contributed by atoms with Crippen LogP contribution in [0.3, 0.4) is 0 Å². The van der Waals surface area contributed by atoms with Crippen LogP contribution in [-0.2, 0) is 0 Å². The van der Waals surface area contributed by atoms with E-state index in [1.807, 2.05) is 40.0 Å². The molecule has 1 rings (SSSR count). The van der Waals surface area contributed by atoms with Gasteiger partial charge in [0.15, 0.2) is 0 Å². The van der Waals surface area contributed by atoms with Gasteiger partial charge in [-0.3, -0.25) is 0 Å². The van der Waals surface area contributed by atoms with Crippen molar-refractivity contribution >= 4 is 0 Å². The number of ether oxygens (including phenoxy) is 1. The van der Waals surface area contributed by atoms with Gasteiger partial charge in [-0.15, -0.1) is 0 Å². The van der Waals surface area contributed by atoms with Crippen molar-refractivity contribution in [2.45, 2.75) is 39.3 Å². The SMILES string of the molecule is CCOc1cc(C)c(C(O)C(N)CCNC)cc1C. The molecule has 0 aliphatic heterocycles. The van der Waals surface area contributed by atoms with E-state index in [0.717, 1.165) is 35.4 Å². The number of hydrogen-bond acceptors (Lipinski definition) is 4. The number of aliphatic hydroxyl groups is 1. The van der Waals surface area contributed by atoms with Gasteiger partial charge in [-0.25, -0.2) is 0 Å². The predicted octanol–water partition coefficient (Wildman–Crippen LogP) is 1.67. The van der Waals surface area contributed by atoms with Crippen LogP contribution < -0.4 is 15.8 Å². The van der Waals surface area contributed by atoms with E-state index in [0.29, 0.717) is 6.61 Å². The van der Waals surface area contributed by atoms with Crippen LogP contribution in [0.2, 0.25) is 0 Å². The smallest absolute Gasteiger partial charge is 0.122 e. The molecule has 0 radical (unpaired) electrons. The highest BCUT2D eigenvalue weighted by atomic mass is 16.5. The van der Waals surface area contributed by atoms with Crippen LogP contribution in [0.1, 0.15) is 36.1 Å². The van der Waals surface area contributed by atoms with Gasteiger partial charge in [-0.2, -0.15) is 0 Å². The minimum Gasteiger partial charge on any atom is -0.494 e. The van der Waals surface area contributed by atoms with E-state index in [4.69, 9.17) is 10.5 Å². The molecule has 4 nitrogen and oxygen atoms in total. The quantitative estimate of drug-likeness (QED) is 0.702. The molecule has 19 heavy (non-hydrogen) atoms. The van der Waals surface area contributed by atoms with Crippen LogP contribution >= 0.6 is 0 Å². The number of benzene rings is 1. The van der Waals surface area contributed by atoms with E-state index in [-0.39, 0.29) is 6.04 Å². The van der Waals surface area contributed by atoms with Crippen molar-refractivity contribution < 1.29 is 9.84 Å². The summed E-state index contributed by atoms with van der Waals surface area (Å²) in [6.07, 6.45) is 0.103. The van der Waals surface area contributed by atoms with Crippen LogP contribution in [-0.4, -0.2) is 31.3 Å². The normalized spacial score (nSPS) is 14.2. The van der Waals surface area contributed by atoms with Crippen molar-refractivity contribution in [3.8, 4) is 5.75 Å². The molecule has 108 valence electrons. The summed E-state index contributed by atoms with van der Waals surface area (Å²) >= 11 is 0. The minimum atomic E-state index is -0.636. The Morgan fingerprint density at radius 1 is 1.32 bits per heavy atom. The first kappa shape index (κ1) is 16.0. The fourth-order valence-corrected chi connectivity index (χ4v) is 2.14. The Balaban J connectivity index is 2.91. The largest absolute Gasteiger partial charge is 0.494 e. The van der Waals surface area contributed by atoms with Crippen LogP contribution in [0.25, 0.3) is 0 Å². The summed E-state index contributed by atoms with van der Waals surface area (Å²) in [5, 5.41) is 13.4. The van der Waals surface area contributed by atoms with Crippen LogP contribution in [0.5, 0.6) is 5.75 Å². The predicted molar refractivity (Wildman–Crippen MR) is 78.6 cm³/mol. The van der Waals surface area contributed by atoms with E-state index in [1.54, 1.807) is 0 Å². The lowest BCUT2D eigenvalue weighted by molar-refractivity contribution is 0.141. The van der Waals surface area contributed by atoms with Crippen molar-refractivity contribution in [3.05, 3.63) is 28.8 Å². The first-order valence-corrected chi connectivity index (χ1v) is 6.83. The third-order valence-electron chi connectivity index (χ3n) is 3.32. The molecule has 1 aromatic rings. The summed E-state index contributed by atoms with van der Waals surface area (Å²) in [4.78, 5) is 0. The molecular formula is C15H26N2O2. The zero-order valence-electron chi connectivity index (χ0n) is 12.4. The van der Waals surface area contributed by atoms with Gasteiger partial charge in [-0.1, -0.05) is 0 Å². The van der Waals surface area contributed by atoms with Crippen molar-refractivity contribution in [1.82, 2.24) is 5.32 Å². The zero-order chi connectivity index (χ0) is 14.4. The maximum absolute atomic E-state index is 10.3. The molecule has 0 aliphatic rings. The first-order valence-electron chi connectivity index (χ1n) is 6.83. The number of nitrogens with one attached hydrogen (secondary N) is 1. The van der Waals surface area contributed by atoms with Crippen molar-refractivity contribution in [3.63, 3.8) is 0 Å². The molecule has 4 heteroatoms. The molecule has 0 aliphatic carbocycles. The van der Waals surface area contributed by atoms with E-state index >= 15 is 0 Å². The molecule has 0 heterocycles. The Hall–Kier alpha value is -1.10. The average Bonchev–Trinajstić information content (AvgIpc) is 2.39. The monoisotopic (exact) mass is 266 g/mol. The molecule has 4 N–H and O–H groups in total. The third-order valence-corrected chi connectivity index (χ3v) is 3.32. The number of aryl methyl sites for hydroxylation is 2. The van der Waals surface area contributed by atoms with Gasteiger partial charge in [0.1, 0.15) is 5.75 Å². The maximum atomic E-state index is 10.3. The van der Waals surface area contributed by atoms with E-state index in [2.05, 4.69) is 5.32 Å². The zero-order valence-corrected chi connectivity index (χ0v) is 12.4. The molecule has 0 aromatic heterocycles. The summed E-state index contributed by atoms with van der Waals surface area (Å²) < 4.78 is 5.55. The summed E-state index contributed by atoms with van der Waals surface area (Å²) in [5.74, 6) is 0.875. The summed E-state index contributed by atoms with van der Waals surface area (Å²) in [6, 6.07) is 3.69. The van der Waals surface area contributed by atoms with Gasteiger partial charge in [0.25, 0.3) is 0 Å². The lowest BCUT2D eigenvalue weighted by Gasteiger charge is -2.22. The Bertz CT molecular complexity index is 407. The second-order valence-corrected chi connectivity index (χ2v) is 4.91. The highest BCUT2D eigenvalue weighted by molar-refractivity contribution is 5.42. The summed E-state index contributed by atoms with van der Waals surface area (Å²) in [6.45, 7) is 7.37. The lowest BCUT2D eigenvalue weighted by atomic mass is 9.94. The molecule has 1 aromatic carbocycles. The average molecular weight is 266 g/mol. The Labute approximate surface area is 116 Å². The molecule has 0 amide bonds. The number of rotatable bonds is 7. The second kappa shape index (κ2) is 7.48. The maximum Gasteiger partial charge on any atom is 0.122 e. The van der Waals surface area contributed by atoms with E-state index < -0.39 is 6.10 Å². The molecule has 0 saturated carbocycles. The van der Waals surface area contributed by atoms with Crippen LogP contribution in [0.15, 0.2) is 12.1 Å². The highest BCUT2D eigenvalue weighted by Crippen LogP contribution is 2.28. The lowest BCUT2D eigenvalue weighted by Crippen LogP contribution is -2.32. The highest BCUT2D eigenvalue weighted by Gasteiger charge is 2.19. The first-order chi connectivity index (χ1) is 9.01. The standard InChI is InChI=1S/C15H26N2O2/c1-5-19-14-9-10(2)12(8-11(14)3)15(18)13(16)6-7-17-4/h8-9,13,15,17-18H,5-7,16H2,1-4H3. The Morgan fingerprint density at radius 2 is 2.00 bits per heavy atom. The van der Waals surface area contributed by atoms with Gasteiger partial charge < -0.3 is 20.9 Å². The Kier molecular flexibility index (Phi) is 6.28. The van der Waals surface area contributed by atoms with Gasteiger partial charge in [0.2, 0.25) is 0 Å². The number of hydrogen-bond donors (Lipinski definition) is 3. The van der Waals surface area contributed by atoms with Crippen molar-refractivity contribution in [1.29, 1.82) is 0 Å². The summed E-state index contributed by atoms with van der Waals surface area (Å²) in [5.41, 5.74) is 8.97. The molecule has 0 saturated heterocycles. The van der Waals surface area contributed by atoms with E-state index in [1.165, 1.54) is 0 Å². The van der Waals surface area contributed by atoms with E-state index in [9.17, 15) is 5.11 Å². The van der Waals surface area contributed by atoms with Crippen LogP contribution in [0.4, 0.5) is 0 Å². The molecule has 2 unspecified atom stereocenters. The fraction of sp³-hybridized carbons (Fsp3) is 0.600. The number of nitrogens with two attached hydrogens (primary N) is 1. The van der Waals surface area contributed by atoms with Gasteiger partial charge in [-0.05, 0) is 69.6 Å². The van der Waals surface area contributed by atoms with Crippen molar-refractivity contribution in [2.75, 3.05) is 20.2 Å². The Morgan fingerprint density at radius 3 is 2.58 bits per heavy atom. The topological polar surface area (TPSA) is 67.5 Å². The molecule has 0 fully saturated rings. The molecule has 2 atom stereocenters. The fourth-order valence-electron chi connectivity index (χ4n) is 2.14. The van der Waals surface area contributed by atoms with Gasteiger partial charge in [0.05, 0.1) is 12.7 Å². The summed E-state index contributed by atoms with van der Waals surface area (Å²) in [7, 11) is 1.88.